The molecule has 1 N–H and O–H groups in total. The van der Waals surface area contributed by atoms with Gasteiger partial charge < -0.3 is 14.8 Å². The molecule has 0 aromatic heterocycles. The third-order valence-electron chi connectivity index (χ3n) is 3.94. The lowest BCUT2D eigenvalue weighted by atomic mass is 10.1. The molecule has 23 heavy (non-hydrogen) atoms. The predicted octanol–water partition coefficient (Wildman–Crippen LogP) is 1.94. The van der Waals surface area contributed by atoms with Crippen molar-refractivity contribution in [2.24, 2.45) is 0 Å². The number of amides is 1. The van der Waals surface area contributed by atoms with Crippen molar-refractivity contribution in [2.75, 3.05) is 26.2 Å². The number of benzene rings is 1. The molecule has 1 atom stereocenters. The Balaban J connectivity index is 1.53. The summed E-state index contributed by atoms with van der Waals surface area (Å²) in [4.78, 5) is 13.9. The van der Waals surface area contributed by atoms with Crippen molar-refractivity contribution in [1.82, 2.24) is 10.2 Å². The highest BCUT2D eigenvalue weighted by Crippen LogP contribution is 2.25. The van der Waals surface area contributed by atoms with E-state index in [1.807, 2.05) is 0 Å². The third kappa shape index (κ3) is 4.87. The van der Waals surface area contributed by atoms with Gasteiger partial charge in [-0.3, -0.25) is 9.69 Å². The van der Waals surface area contributed by atoms with Crippen LogP contribution in [0.25, 0.3) is 0 Å². The minimum absolute atomic E-state index is 0.0498. The summed E-state index contributed by atoms with van der Waals surface area (Å²) >= 11 is 0. The zero-order chi connectivity index (χ0) is 16.2. The lowest BCUT2D eigenvalue weighted by Gasteiger charge is -2.32. The molecule has 3 rings (SSSR count). The van der Waals surface area contributed by atoms with E-state index in [2.05, 4.69) is 15.0 Å². The predicted molar refractivity (Wildman–Crippen MR) is 79.4 cm³/mol. The van der Waals surface area contributed by atoms with E-state index in [0.29, 0.717) is 32.3 Å². The average Bonchev–Trinajstić information content (AvgIpc) is 3.31. The van der Waals surface area contributed by atoms with Crippen molar-refractivity contribution in [3.63, 3.8) is 0 Å². The Morgan fingerprint density at radius 3 is 2.74 bits per heavy atom. The van der Waals surface area contributed by atoms with Gasteiger partial charge >= 0.3 is 6.61 Å². The summed E-state index contributed by atoms with van der Waals surface area (Å²) in [5.41, 5.74) is 0.888. The van der Waals surface area contributed by atoms with Gasteiger partial charge in [-0.05, 0) is 30.5 Å². The molecule has 0 spiro atoms. The van der Waals surface area contributed by atoms with Crippen LogP contribution >= 0.6 is 0 Å². The molecule has 0 bridgehead atoms. The second kappa shape index (κ2) is 7.23. The molecule has 1 saturated carbocycles. The number of ether oxygens (including phenoxy) is 2. The molecule has 1 aliphatic heterocycles. The molecule has 1 aliphatic carbocycles. The molecule has 5 nitrogen and oxygen atoms in total. The van der Waals surface area contributed by atoms with Gasteiger partial charge in [0.05, 0.1) is 19.3 Å². The van der Waals surface area contributed by atoms with Crippen LogP contribution in [0.5, 0.6) is 5.75 Å². The molecule has 1 aromatic rings. The van der Waals surface area contributed by atoms with E-state index in [1.54, 1.807) is 12.1 Å². The number of carbonyl (C=O) groups excluding carboxylic acids is 1. The van der Waals surface area contributed by atoms with Crippen molar-refractivity contribution in [3.8, 4) is 5.75 Å². The summed E-state index contributed by atoms with van der Waals surface area (Å²) < 4.78 is 34.4. The smallest absolute Gasteiger partial charge is 0.387 e. The second-order valence-corrected chi connectivity index (χ2v) is 5.88. The Kier molecular flexibility index (Phi) is 5.07. The Morgan fingerprint density at radius 2 is 2.09 bits per heavy atom. The zero-order valence-electron chi connectivity index (χ0n) is 12.7. The van der Waals surface area contributed by atoms with Gasteiger partial charge in [0.25, 0.3) is 0 Å². The molecule has 1 saturated heterocycles. The maximum absolute atomic E-state index is 12.2. The third-order valence-corrected chi connectivity index (χ3v) is 3.94. The number of nitrogens with zero attached hydrogens (tertiary/aromatic N) is 1. The number of hydrogen-bond donors (Lipinski definition) is 1. The van der Waals surface area contributed by atoms with Crippen LogP contribution in [0.2, 0.25) is 0 Å². The van der Waals surface area contributed by atoms with Crippen LogP contribution in [0.4, 0.5) is 8.78 Å². The van der Waals surface area contributed by atoms with Crippen LogP contribution in [0.3, 0.4) is 0 Å². The molecule has 1 heterocycles. The fourth-order valence-electron chi connectivity index (χ4n) is 2.62. The average molecular weight is 326 g/mol. The van der Waals surface area contributed by atoms with Gasteiger partial charge in [0, 0.05) is 19.1 Å². The number of carbonyl (C=O) groups is 1. The van der Waals surface area contributed by atoms with E-state index in [0.717, 1.165) is 18.4 Å². The maximum atomic E-state index is 12.2. The highest BCUT2D eigenvalue weighted by atomic mass is 19.3. The molecule has 7 heteroatoms. The van der Waals surface area contributed by atoms with Gasteiger partial charge in [0.1, 0.15) is 5.75 Å². The van der Waals surface area contributed by atoms with Crippen molar-refractivity contribution >= 4 is 5.91 Å². The van der Waals surface area contributed by atoms with E-state index in [-0.39, 0.29) is 17.8 Å². The molecule has 1 unspecified atom stereocenters. The highest BCUT2D eigenvalue weighted by Gasteiger charge is 2.27. The Labute approximate surface area is 133 Å². The first-order valence-electron chi connectivity index (χ1n) is 7.78. The Morgan fingerprint density at radius 1 is 1.35 bits per heavy atom. The lowest BCUT2D eigenvalue weighted by Crippen LogP contribution is -2.44. The fourth-order valence-corrected chi connectivity index (χ4v) is 2.62. The minimum atomic E-state index is -2.83. The standard InChI is InChI=1S/C16H20F2N2O3/c17-16(18)23-13-5-1-11(2-6-13)14-9-20(7-8-22-14)10-15(21)19-12-3-4-12/h1-2,5-6,12,14,16H,3-4,7-10H2,(H,19,21). The topological polar surface area (TPSA) is 50.8 Å². The molecule has 126 valence electrons. The number of morpholine rings is 1. The van der Waals surface area contributed by atoms with E-state index in [9.17, 15) is 13.6 Å². The highest BCUT2D eigenvalue weighted by molar-refractivity contribution is 5.78. The van der Waals surface area contributed by atoms with Crippen molar-refractivity contribution < 1.29 is 23.0 Å². The summed E-state index contributed by atoms with van der Waals surface area (Å²) in [5.74, 6) is 0.175. The number of rotatable bonds is 6. The van der Waals surface area contributed by atoms with Gasteiger partial charge in [0.2, 0.25) is 5.91 Å². The number of alkyl halides is 2. The van der Waals surface area contributed by atoms with Crippen LogP contribution in [0, 0.1) is 0 Å². The van der Waals surface area contributed by atoms with Gasteiger partial charge in [-0.25, -0.2) is 0 Å². The normalized spacial score (nSPS) is 22.1. The first kappa shape index (κ1) is 16.1. The van der Waals surface area contributed by atoms with Gasteiger partial charge in [-0.1, -0.05) is 12.1 Å². The van der Waals surface area contributed by atoms with E-state index in [1.165, 1.54) is 12.1 Å². The summed E-state index contributed by atoms with van der Waals surface area (Å²) in [5, 5.41) is 2.97. The van der Waals surface area contributed by atoms with Gasteiger partial charge in [0.15, 0.2) is 0 Å². The van der Waals surface area contributed by atoms with Crippen molar-refractivity contribution in [1.29, 1.82) is 0 Å². The molecule has 1 aromatic carbocycles. The van der Waals surface area contributed by atoms with Gasteiger partial charge in [-0.15, -0.1) is 0 Å². The van der Waals surface area contributed by atoms with Crippen LogP contribution in [0.15, 0.2) is 24.3 Å². The molecular weight excluding hydrogens is 306 g/mol. The summed E-state index contributed by atoms with van der Waals surface area (Å²) in [6.07, 6.45) is 1.98. The van der Waals surface area contributed by atoms with Gasteiger partial charge in [-0.2, -0.15) is 8.78 Å². The molecular formula is C16H20F2N2O3. The van der Waals surface area contributed by atoms with Crippen LogP contribution in [0.1, 0.15) is 24.5 Å². The van der Waals surface area contributed by atoms with Crippen LogP contribution in [-0.2, 0) is 9.53 Å². The zero-order valence-corrected chi connectivity index (χ0v) is 12.7. The van der Waals surface area contributed by atoms with Crippen LogP contribution in [-0.4, -0.2) is 49.7 Å². The molecule has 2 aliphatic rings. The van der Waals surface area contributed by atoms with Crippen molar-refractivity contribution in [3.05, 3.63) is 29.8 Å². The second-order valence-electron chi connectivity index (χ2n) is 5.88. The SMILES string of the molecule is O=C(CN1CCOC(c2ccc(OC(F)F)cc2)C1)NC1CC1. The maximum Gasteiger partial charge on any atom is 0.387 e. The summed E-state index contributed by atoms with van der Waals surface area (Å²) in [6.45, 7) is -0.610. The summed E-state index contributed by atoms with van der Waals surface area (Å²) in [6, 6.07) is 6.81. The monoisotopic (exact) mass is 326 g/mol. The Hall–Kier alpha value is -1.73. The quantitative estimate of drug-likeness (QED) is 0.868. The fraction of sp³-hybridized carbons (Fsp3) is 0.562. The summed E-state index contributed by atoms with van der Waals surface area (Å²) in [7, 11) is 0. The first-order chi connectivity index (χ1) is 11.1. The van der Waals surface area contributed by atoms with E-state index in [4.69, 9.17) is 4.74 Å². The number of halogens is 2. The largest absolute Gasteiger partial charge is 0.435 e. The number of hydrogen-bond acceptors (Lipinski definition) is 4. The molecule has 2 fully saturated rings. The molecule has 1 amide bonds. The molecule has 0 radical (unpaired) electrons. The van der Waals surface area contributed by atoms with Crippen LogP contribution < -0.4 is 10.1 Å². The van der Waals surface area contributed by atoms with E-state index >= 15 is 0 Å². The van der Waals surface area contributed by atoms with E-state index < -0.39 is 6.61 Å². The number of nitrogens with one attached hydrogen (secondary N) is 1. The minimum Gasteiger partial charge on any atom is -0.435 e. The first-order valence-corrected chi connectivity index (χ1v) is 7.78. The lowest BCUT2D eigenvalue weighted by molar-refractivity contribution is -0.124. The Bertz CT molecular complexity index is 535. The van der Waals surface area contributed by atoms with Crippen molar-refractivity contribution in [2.45, 2.75) is 31.6 Å².